The van der Waals surface area contributed by atoms with Crippen molar-refractivity contribution in [3.8, 4) is 0 Å². The van der Waals surface area contributed by atoms with Gasteiger partial charge in [-0.3, -0.25) is 0 Å². The fourth-order valence-corrected chi connectivity index (χ4v) is 4.35. The van der Waals surface area contributed by atoms with E-state index in [1.165, 1.54) is 23.7 Å². The molecule has 3 aromatic rings. The Morgan fingerprint density at radius 3 is 2.54 bits per heavy atom. The number of hydrogen-bond donors (Lipinski definition) is 1. The highest BCUT2D eigenvalue weighted by molar-refractivity contribution is 7.20. The zero-order valence-electron chi connectivity index (χ0n) is 14.1. The predicted molar refractivity (Wildman–Crippen MR) is 99.9 cm³/mol. The molecular formula is C18H17FN4O2S. The summed E-state index contributed by atoms with van der Waals surface area (Å²) in [6.07, 6.45) is 1.47. The van der Waals surface area contributed by atoms with Gasteiger partial charge in [0.15, 0.2) is 0 Å². The van der Waals surface area contributed by atoms with E-state index in [1.54, 1.807) is 19.1 Å². The average molecular weight is 372 g/mol. The first-order valence-corrected chi connectivity index (χ1v) is 9.09. The highest BCUT2D eigenvalue weighted by Crippen LogP contribution is 2.35. The SMILES string of the molecule is Cc1c(C(=O)O)sc2ncnc(N3CCN(c4ccccc4F)CC3)c12. The van der Waals surface area contributed by atoms with Crippen LogP contribution in [0.2, 0.25) is 0 Å². The molecule has 8 heteroatoms. The molecule has 1 aromatic carbocycles. The van der Waals surface area contributed by atoms with Crippen LogP contribution in [0.3, 0.4) is 0 Å². The number of halogens is 1. The normalized spacial score (nSPS) is 14.8. The van der Waals surface area contributed by atoms with Gasteiger partial charge in [-0.2, -0.15) is 0 Å². The van der Waals surface area contributed by atoms with Gasteiger partial charge in [0.05, 0.1) is 11.1 Å². The maximum absolute atomic E-state index is 14.0. The molecule has 0 saturated carbocycles. The first kappa shape index (κ1) is 16.7. The van der Waals surface area contributed by atoms with E-state index >= 15 is 0 Å². The van der Waals surface area contributed by atoms with Crippen LogP contribution in [-0.2, 0) is 0 Å². The minimum atomic E-state index is -0.944. The van der Waals surface area contributed by atoms with Crippen molar-refractivity contribution in [3.63, 3.8) is 0 Å². The van der Waals surface area contributed by atoms with E-state index in [4.69, 9.17) is 0 Å². The Kier molecular flexibility index (Phi) is 4.20. The van der Waals surface area contributed by atoms with E-state index in [0.29, 0.717) is 47.1 Å². The molecule has 1 aliphatic heterocycles. The van der Waals surface area contributed by atoms with Crippen LogP contribution in [0, 0.1) is 12.7 Å². The Bertz CT molecular complexity index is 982. The Hall–Kier alpha value is -2.74. The minimum Gasteiger partial charge on any atom is -0.477 e. The van der Waals surface area contributed by atoms with Gasteiger partial charge in [0, 0.05) is 26.2 Å². The van der Waals surface area contributed by atoms with Gasteiger partial charge >= 0.3 is 5.97 Å². The molecule has 0 bridgehead atoms. The summed E-state index contributed by atoms with van der Waals surface area (Å²) in [5.41, 5.74) is 1.31. The minimum absolute atomic E-state index is 0.217. The van der Waals surface area contributed by atoms with Gasteiger partial charge in [-0.15, -0.1) is 11.3 Å². The molecule has 1 N–H and O–H groups in total. The van der Waals surface area contributed by atoms with E-state index in [-0.39, 0.29) is 5.82 Å². The molecule has 134 valence electrons. The zero-order chi connectivity index (χ0) is 18.3. The van der Waals surface area contributed by atoms with E-state index in [2.05, 4.69) is 14.9 Å². The number of para-hydroxylation sites is 1. The molecule has 6 nitrogen and oxygen atoms in total. The number of anilines is 2. The molecule has 0 atom stereocenters. The van der Waals surface area contributed by atoms with Crippen LogP contribution in [0.1, 0.15) is 15.2 Å². The van der Waals surface area contributed by atoms with Crippen molar-refractivity contribution in [3.05, 3.63) is 46.9 Å². The van der Waals surface area contributed by atoms with E-state index in [0.717, 1.165) is 11.2 Å². The monoisotopic (exact) mass is 372 g/mol. The van der Waals surface area contributed by atoms with Crippen LogP contribution >= 0.6 is 11.3 Å². The van der Waals surface area contributed by atoms with Crippen molar-refractivity contribution in [1.82, 2.24) is 9.97 Å². The van der Waals surface area contributed by atoms with Gasteiger partial charge in [-0.1, -0.05) is 12.1 Å². The van der Waals surface area contributed by atoms with Crippen LogP contribution in [0.15, 0.2) is 30.6 Å². The van der Waals surface area contributed by atoms with E-state index in [9.17, 15) is 14.3 Å². The lowest BCUT2D eigenvalue weighted by Crippen LogP contribution is -2.47. The summed E-state index contributed by atoms with van der Waals surface area (Å²) in [7, 11) is 0. The summed E-state index contributed by atoms with van der Waals surface area (Å²) < 4.78 is 14.0. The number of benzene rings is 1. The molecule has 1 fully saturated rings. The third-order valence-electron chi connectivity index (χ3n) is 4.67. The van der Waals surface area contributed by atoms with Crippen LogP contribution in [0.4, 0.5) is 15.9 Å². The van der Waals surface area contributed by atoms with Crippen molar-refractivity contribution < 1.29 is 14.3 Å². The molecule has 1 saturated heterocycles. The number of aromatic nitrogens is 2. The molecule has 0 amide bonds. The summed E-state index contributed by atoms with van der Waals surface area (Å²) in [5.74, 6) is -0.407. The van der Waals surface area contributed by atoms with Crippen LogP contribution < -0.4 is 9.80 Å². The second-order valence-electron chi connectivity index (χ2n) is 6.16. The summed E-state index contributed by atoms with van der Waals surface area (Å²) in [5, 5.41) is 10.2. The van der Waals surface area contributed by atoms with Crippen molar-refractivity contribution >= 4 is 39.0 Å². The number of thiophene rings is 1. The fraction of sp³-hybridized carbons (Fsp3) is 0.278. The third kappa shape index (κ3) is 2.76. The number of piperazine rings is 1. The molecule has 0 aliphatic carbocycles. The van der Waals surface area contributed by atoms with Crippen LogP contribution in [0.5, 0.6) is 0 Å². The molecule has 2 aromatic heterocycles. The third-order valence-corrected chi connectivity index (χ3v) is 5.86. The lowest BCUT2D eigenvalue weighted by molar-refractivity contribution is 0.0701. The number of hydrogen-bond acceptors (Lipinski definition) is 6. The number of carbonyl (C=O) groups is 1. The Morgan fingerprint density at radius 2 is 1.85 bits per heavy atom. The average Bonchev–Trinajstić information content (AvgIpc) is 3.00. The Balaban J connectivity index is 1.62. The van der Waals surface area contributed by atoms with Gasteiger partial charge < -0.3 is 14.9 Å². The molecular weight excluding hydrogens is 355 g/mol. The van der Waals surface area contributed by atoms with E-state index < -0.39 is 5.97 Å². The van der Waals surface area contributed by atoms with Gasteiger partial charge in [0.1, 0.15) is 27.7 Å². The Labute approximate surface area is 153 Å². The summed E-state index contributed by atoms with van der Waals surface area (Å²) in [6.45, 7) is 4.49. The second kappa shape index (κ2) is 6.53. The molecule has 0 spiro atoms. The first-order valence-electron chi connectivity index (χ1n) is 8.28. The van der Waals surface area contributed by atoms with Crippen molar-refractivity contribution in [2.75, 3.05) is 36.0 Å². The van der Waals surface area contributed by atoms with Crippen LogP contribution in [0.25, 0.3) is 10.2 Å². The van der Waals surface area contributed by atoms with Gasteiger partial charge in [0.2, 0.25) is 0 Å². The number of carboxylic acid groups (broad SMARTS) is 1. The first-order chi connectivity index (χ1) is 12.6. The summed E-state index contributed by atoms with van der Waals surface area (Å²) in [6, 6.07) is 6.78. The second-order valence-corrected chi connectivity index (χ2v) is 7.16. The lowest BCUT2D eigenvalue weighted by Gasteiger charge is -2.37. The lowest BCUT2D eigenvalue weighted by atomic mass is 10.1. The maximum atomic E-state index is 14.0. The number of nitrogens with zero attached hydrogens (tertiary/aromatic N) is 4. The molecule has 0 radical (unpaired) electrons. The highest BCUT2D eigenvalue weighted by Gasteiger charge is 2.25. The quantitative estimate of drug-likeness (QED) is 0.762. The molecule has 0 unspecified atom stereocenters. The van der Waals surface area contributed by atoms with E-state index in [1.807, 2.05) is 11.0 Å². The van der Waals surface area contributed by atoms with Gasteiger partial charge in [-0.25, -0.2) is 19.2 Å². The van der Waals surface area contributed by atoms with Crippen molar-refractivity contribution in [1.29, 1.82) is 0 Å². The fourth-order valence-electron chi connectivity index (χ4n) is 3.36. The summed E-state index contributed by atoms with van der Waals surface area (Å²) >= 11 is 1.17. The largest absolute Gasteiger partial charge is 0.477 e. The number of carboxylic acids is 1. The van der Waals surface area contributed by atoms with Gasteiger partial charge in [0.25, 0.3) is 0 Å². The molecule has 3 heterocycles. The number of aromatic carboxylic acids is 1. The highest BCUT2D eigenvalue weighted by atomic mass is 32.1. The number of fused-ring (bicyclic) bond motifs is 1. The molecule has 26 heavy (non-hydrogen) atoms. The number of rotatable bonds is 3. The molecule has 4 rings (SSSR count). The predicted octanol–water partition coefficient (Wildman–Crippen LogP) is 3.16. The van der Waals surface area contributed by atoms with Crippen molar-refractivity contribution in [2.24, 2.45) is 0 Å². The standard InChI is InChI=1S/C18H17FN4O2S/c1-11-14-16(20-10-21-17(14)26-15(11)18(24)25)23-8-6-22(7-9-23)13-5-3-2-4-12(13)19/h2-5,10H,6-9H2,1H3,(H,24,25). The smallest absolute Gasteiger partial charge is 0.346 e. The zero-order valence-corrected chi connectivity index (χ0v) is 15.0. The van der Waals surface area contributed by atoms with Crippen molar-refractivity contribution in [2.45, 2.75) is 6.92 Å². The topological polar surface area (TPSA) is 69.6 Å². The van der Waals surface area contributed by atoms with Crippen LogP contribution in [-0.4, -0.2) is 47.2 Å². The Morgan fingerprint density at radius 1 is 1.15 bits per heavy atom. The number of aryl methyl sites for hydroxylation is 1. The molecule has 1 aliphatic rings. The van der Waals surface area contributed by atoms with Gasteiger partial charge in [-0.05, 0) is 24.6 Å². The maximum Gasteiger partial charge on any atom is 0.346 e. The summed E-state index contributed by atoms with van der Waals surface area (Å²) in [4.78, 5) is 25.2.